The van der Waals surface area contributed by atoms with Crippen LogP contribution in [0.3, 0.4) is 0 Å². The van der Waals surface area contributed by atoms with Crippen molar-refractivity contribution in [1.29, 1.82) is 0 Å². The number of halogens is 1. The Morgan fingerprint density at radius 3 is 2.82 bits per heavy atom. The summed E-state index contributed by atoms with van der Waals surface area (Å²) < 4.78 is 0. The Morgan fingerprint density at radius 2 is 2.24 bits per heavy atom. The molecule has 0 aliphatic heterocycles. The summed E-state index contributed by atoms with van der Waals surface area (Å²) in [5.41, 5.74) is 6.75. The van der Waals surface area contributed by atoms with Crippen molar-refractivity contribution >= 4 is 28.9 Å². The van der Waals surface area contributed by atoms with Crippen LogP contribution in [0.1, 0.15) is 13.3 Å². The molecule has 0 aromatic heterocycles. The third-order valence-electron chi connectivity index (χ3n) is 2.29. The van der Waals surface area contributed by atoms with Crippen LogP contribution >= 0.6 is 11.6 Å². The van der Waals surface area contributed by atoms with Gasteiger partial charge in [0, 0.05) is 5.69 Å². The van der Waals surface area contributed by atoms with E-state index in [4.69, 9.17) is 17.3 Å². The van der Waals surface area contributed by atoms with E-state index < -0.39 is 0 Å². The van der Waals surface area contributed by atoms with Crippen molar-refractivity contribution in [3.63, 3.8) is 0 Å². The molecule has 0 heterocycles. The quantitative estimate of drug-likeness (QED) is 0.793. The van der Waals surface area contributed by atoms with E-state index in [0.29, 0.717) is 22.9 Å². The molecule has 0 spiro atoms. The van der Waals surface area contributed by atoms with Crippen molar-refractivity contribution in [2.75, 3.05) is 31.2 Å². The van der Waals surface area contributed by atoms with Gasteiger partial charge < -0.3 is 11.1 Å². The van der Waals surface area contributed by atoms with Crippen LogP contribution in [0.25, 0.3) is 0 Å². The highest BCUT2D eigenvalue weighted by Gasteiger charge is 2.08. The van der Waals surface area contributed by atoms with Gasteiger partial charge in [-0.2, -0.15) is 0 Å². The molecular formula is C12H18ClN3O. The first kappa shape index (κ1) is 13.8. The summed E-state index contributed by atoms with van der Waals surface area (Å²) in [6.07, 6.45) is 1.02. The first-order valence-corrected chi connectivity index (χ1v) is 5.94. The smallest absolute Gasteiger partial charge is 0.238 e. The second-order valence-electron chi connectivity index (χ2n) is 4.03. The highest BCUT2D eigenvalue weighted by molar-refractivity contribution is 6.34. The fourth-order valence-electron chi connectivity index (χ4n) is 1.53. The Hall–Kier alpha value is -1.26. The monoisotopic (exact) mass is 255 g/mol. The van der Waals surface area contributed by atoms with E-state index in [-0.39, 0.29) is 5.91 Å². The Morgan fingerprint density at radius 1 is 1.53 bits per heavy atom. The van der Waals surface area contributed by atoms with E-state index in [2.05, 4.69) is 12.2 Å². The molecule has 0 aliphatic carbocycles. The molecule has 4 nitrogen and oxygen atoms in total. The van der Waals surface area contributed by atoms with Crippen molar-refractivity contribution in [2.45, 2.75) is 13.3 Å². The molecule has 0 radical (unpaired) electrons. The molecular weight excluding hydrogens is 238 g/mol. The van der Waals surface area contributed by atoms with E-state index >= 15 is 0 Å². The highest BCUT2D eigenvalue weighted by atomic mass is 35.5. The van der Waals surface area contributed by atoms with Crippen LogP contribution in [-0.4, -0.2) is 30.9 Å². The number of hydrogen-bond donors (Lipinski definition) is 2. The number of anilines is 2. The Kier molecular flexibility index (Phi) is 5.25. The highest BCUT2D eigenvalue weighted by Crippen LogP contribution is 2.23. The van der Waals surface area contributed by atoms with Gasteiger partial charge in [0.05, 0.1) is 17.3 Å². The molecule has 0 atom stereocenters. The van der Waals surface area contributed by atoms with Crippen LogP contribution in [-0.2, 0) is 4.79 Å². The molecule has 0 unspecified atom stereocenters. The summed E-state index contributed by atoms with van der Waals surface area (Å²) in [6.45, 7) is 3.32. The number of carbonyl (C=O) groups excluding carboxylic acids is 1. The summed E-state index contributed by atoms with van der Waals surface area (Å²) in [4.78, 5) is 13.7. The van der Waals surface area contributed by atoms with Crippen LogP contribution < -0.4 is 11.1 Å². The number of nitrogen functional groups attached to an aromatic ring is 1. The van der Waals surface area contributed by atoms with E-state index in [1.165, 1.54) is 0 Å². The maximum absolute atomic E-state index is 11.7. The number of benzene rings is 1. The molecule has 17 heavy (non-hydrogen) atoms. The lowest BCUT2D eigenvalue weighted by Crippen LogP contribution is -2.30. The molecule has 1 rings (SSSR count). The first-order chi connectivity index (χ1) is 8.02. The van der Waals surface area contributed by atoms with Crippen LogP contribution in [0.2, 0.25) is 5.02 Å². The van der Waals surface area contributed by atoms with Crippen molar-refractivity contribution in [2.24, 2.45) is 0 Å². The SMILES string of the molecule is CCCN(C)CC(=O)Nc1ccc(N)cc1Cl. The predicted octanol–water partition coefficient (Wildman–Crippen LogP) is 2.20. The maximum atomic E-state index is 11.7. The van der Waals surface area contributed by atoms with Gasteiger partial charge >= 0.3 is 0 Å². The molecule has 3 N–H and O–H groups in total. The predicted molar refractivity (Wildman–Crippen MR) is 72.3 cm³/mol. The van der Waals surface area contributed by atoms with Gasteiger partial charge in [-0.25, -0.2) is 0 Å². The zero-order valence-electron chi connectivity index (χ0n) is 10.2. The number of carbonyl (C=O) groups is 1. The summed E-state index contributed by atoms with van der Waals surface area (Å²) in [7, 11) is 1.91. The number of likely N-dealkylation sites (N-methyl/N-ethyl adjacent to an activating group) is 1. The summed E-state index contributed by atoms with van der Waals surface area (Å²) in [5.74, 6) is -0.0763. The average molecular weight is 256 g/mol. The van der Waals surface area contributed by atoms with Crippen LogP contribution in [0.4, 0.5) is 11.4 Å². The molecule has 1 aromatic rings. The average Bonchev–Trinajstić information content (AvgIpc) is 2.22. The topological polar surface area (TPSA) is 58.4 Å². The van der Waals surface area contributed by atoms with E-state index in [1.807, 2.05) is 11.9 Å². The number of amides is 1. The Bertz CT molecular complexity index is 395. The van der Waals surface area contributed by atoms with Crippen molar-refractivity contribution < 1.29 is 4.79 Å². The maximum Gasteiger partial charge on any atom is 0.238 e. The lowest BCUT2D eigenvalue weighted by atomic mass is 10.3. The van der Waals surface area contributed by atoms with Gasteiger partial charge in [-0.1, -0.05) is 18.5 Å². The minimum atomic E-state index is -0.0763. The van der Waals surface area contributed by atoms with Crippen molar-refractivity contribution in [1.82, 2.24) is 4.90 Å². The largest absolute Gasteiger partial charge is 0.399 e. The molecule has 5 heteroatoms. The number of nitrogens with one attached hydrogen (secondary N) is 1. The van der Waals surface area contributed by atoms with E-state index in [0.717, 1.165) is 13.0 Å². The summed E-state index contributed by atoms with van der Waals surface area (Å²) in [6, 6.07) is 5.03. The first-order valence-electron chi connectivity index (χ1n) is 5.56. The van der Waals surface area contributed by atoms with Crippen LogP contribution in [0, 0.1) is 0 Å². The second-order valence-corrected chi connectivity index (χ2v) is 4.43. The zero-order chi connectivity index (χ0) is 12.8. The van der Waals surface area contributed by atoms with Gasteiger partial charge in [-0.15, -0.1) is 0 Å². The number of hydrogen-bond acceptors (Lipinski definition) is 3. The van der Waals surface area contributed by atoms with Gasteiger partial charge in [0.25, 0.3) is 0 Å². The summed E-state index contributed by atoms with van der Waals surface area (Å²) >= 11 is 5.96. The number of nitrogens with zero attached hydrogens (tertiary/aromatic N) is 1. The third kappa shape index (κ3) is 4.63. The molecule has 0 saturated heterocycles. The molecule has 1 amide bonds. The normalized spacial score (nSPS) is 10.6. The summed E-state index contributed by atoms with van der Waals surface area (Å²) in [5, 5.41) is 3.21. The van der Waals surface area contributed by atoms with Gasteiger partial charge in [-0.05, 0) is 38.2 Å². The van der Waals surface area contributed by atoms with Gasteiger partial charge in [-0.3, -0.25) is 9.69 Å². The Labute approximate surface area is 107 Å². The minimum Gasteiger partial charge on any atom is -0.399 e. The van der Waals surface area contributed by atoms with E-state index in [9.17, 15) is 4.79 Å². The van der Waals surface area contributed by atoms with Crippen molar-refractivity contribution in [3.05, 3.63) is 23.2 Å². The van der Waals surface area contributed by atoms with Gasteiger partial charge in [0.1, 0.15) is 0 Å². The molecule has 94 valence electrons. The lowest BCUT2D eigenvalue weighted by molar-refractivity contribution is -0.117. The van der Waals surface area contributed by atoms with Crippen LogP contribution in [0.15, 0.2) is 18.2 Å². The molecule has 0 bridgehead atoms. The molecule has 0 aliphatic rings. The van der Waals surface area contributed by atoms with Crippen LogP contribution in [0.5, 0.6) is 0 Å². The fourth-order valence-corrected chi connectivity index (χ4v) is 1.76. The van der Waals surface area contributed by atoms with Crippen molar-refractivity contribution in [3.8, 4) is 0 Å². The minimum absolute atomic E-state index is 0.0763. The molecule has 1 aromatic carbocycles. The standard InChI is InChI=1S/C12H18ClN3O/c1-3-6-16(2)8-12(17)15-11-5-4-9(14)7-10(11)13/h4-5,7H,3,6,8,14H2,1-2H3,(H,15,17). The van der Waals surface area contributed by atoms with Gasteiger partial charge in [0.15, 0.2) is 0 Å². The number of nitrogens with two attached hydrogens (primary N) is 1. The Balaban J connectivity index is 2.56. The number of rotatable bonds is 5. The third-order valence-corrected chi connectivity index (χ3v) is 2.60. The van der Waals surface area contributed by atoms with Gasteiger partial charge in [0.2, 0.25) is 5.91 Å². The molecule has 0 saturated carbocycles. The van der Waals surface area contributed by atoms with E-state index in [1.54, 1.807) is 18.2 Å². The zero-order valence-corrected chi connectivity index (χ0v) is 10.9. The second kappa shape index (κ2) is 6.47. The fraction of sp³-hybridized carbons (Fsp3) is 0.417. The lowest BCUT2D eigenvalue weighted by Gasteiger charge is -2.15. The molecule has 0 fully saturated rings.